The summed E-state index contributed by atoms with van der Waals surface area (Å²) in [6, 6.07) is 13.0. The molecule has 21 heavy (non-hydrogen) atoms. The number of nitrogens with one attached hydrogen (secondary N) is 1. The van der Waals surface area contributed by atoms with Gasteiger partial charge in [0.05, 0.1) is 24.6 Å². The molecule has 0 atom stereocenters. The molecule has 106 valence electrons. The predicted octanol–water partition coefficient (Wildman–Crippen LogP) is 2.87. The van der Waals surface area contributed by atoms with Gasteiger partial charge in [-0.25, -0.2) is 4.98 Å². The second kappa shape index (κ2) is 5.28. The molecule has 2 N–H and O–H groups in total. The lowest BCUT2D eigenvalue weighted by Gasteiger charge is -2.01. The highest BCUT2D eigenvalue weighted by Gasteiger charge is 2.08. The number of hydrogen-bond donors (Lipinski definition) is 2. The van der Waals surface area contributed by atoms with Crippen molar-refractivity contribution in [1.29, 1.82) is 0 Å². The Kier molecular flexibility index (Phi) is 3.31. The third-order valence-corrected chi connectivity index (χ3v) is 3.24. The van der Waals surface area contributed by atoms with Crippen LogP contribution in [0.4, 0.5) is 0 Å². The van der Waals surface area contributed by atoms with E-state index in [0.717, 1.165) is 33.7 Å². The summed E-state index contributed by atoms with van der Waals surface area (Å²) >= 11 is 0. The maximum absolute atomic E-state index is 10.8. The van der Waals surface area contributed by atoms with Crippen molar-refractivity contribution >= 4 is 17.0 Å². The van der Waals surface area contributed by atoms with E-state index in [1.54, 1.807) is 13.2 Å². The van der Waals surface area contributed by atoms with E-state index in [4.69, 9.17) is 9.84 Å². The van der Waals surface area contributed by atoms with Crippen LogP contribution in [0.3, 0.4) is 0 Å². The minimum absolute atomic E-state index is 0.00343. The molecule has 0 saturated heterocycles. The van der Waals surface area contributed by atoms with Crippen LogP contribution in [0.15, 0.2) is 42.5 Å². The molecule has 0 spiro atoms. The fraction of sp³-hybridized carbons (Fsp3) is 0.125. The Labute approximate surface area is 121 Å². The Morgan fingerprint density at radius 1 is 1.29 bits per heavy atom. The number of fused-ring (bicyclic) bond motifs is 1. The van der Waals surface area contributed by atoms with Crippen LogP contribution in [0.1, 0.15) is 5.56 Å². The predicted molar refractivity (Wildman–Crippen MR) is 79.4 cm³/mol. The summed E-state index contributed by atoms with van der Waals surface area (Å²) in [5.41, 5.74) is 3.30. The molecule has 0 aliphatic carbocycles. The zero-order valence-electron chi connectivity index (χ0n) is 11.5. The van der Waals surface area contributed by atoms with Crippen molar-refractivity contribution in [2.24, 2.45) is 0 Å². The summed E-state index contributed by atoms with van der Waals surface area (Å²) in [6.07, 6.45) is 0.00343. The third-order valence-electron chi connectivity index (χ3n) is 3.24. The van der Waals surface area contributed by atoms with Crippen LogP contribution in [0.5, 0.6) is 5.75 Å². The largest absolute Gasteiger partial charge is 0.497 e. The molecular formula is C16H14N2O3. The number of carboxylic acids is 1. The number of aromatic nitrogens is 2. The highest BCUT2D eigenvalue weighted by atomic mass is 16.5. The van der Waals surface area contributed by atoms with Crippen LogP contribution in [-0.2, 0) is 11.2 Å². The second-order valence-corrected chi connectivity index (χ2v) is 4.74. The van der Waals surface area contributed by atoms with Crippen molar-refractivity contribution in [1.82, 2.24) is 9.97 Å². The molecule has 0 amide bonds. The van der Waals surface area contributed by atoms with Gasteiger partial charge < -0.3 is 14.8 Å². The lowest BCUT2D eigenvalue weighted by atomic mass is 10.1. The normalized spacial score (nSPS) is 10.7. The minimum atomic E-state index is -0.845. The molecule has 0 fully saturated rings. The highest BCUT2D eigenvalue weighted by Crippen LogP contribution is 2.24. The standard InChI is InChI=1S/C16H14N2O3/c1-21-12-4-2-3-11(9-12)16-17-13-6-5-10(8-15(19)20)7-14(13)18-16/h2-7,9H,8H2,1H3,(H,17,18)(H,19,20). The molecule has 1 aromatic heterocycles. The van der Waals surface area contributed by atoms with E-state index in [2.05, 4.69) is 9.97 Å². The lowest BCUT2D eigenvalue weighted by molar-refractivity contribution is -0.136. The van der Waals surface area contributed by atoms with Crippen molar-refractivity contribution in [2.45, 2.75) is 6.42 Å². The van der Waals surface area contributed by atoms with Gasteiger partial charge in [-0.1, -0.05) is 18.2 Å². The SMILES string of the molecule is COc1cccc(-c2nc3ccc(CC(=O)O)cc3[nH]2)c1. The van der Waals surface area contributed by atoms with Gasteiger partial charge in [-0.3, -0.25) is 4.79 Å². The van der Waals surface area contributed by atoms with Gasteiger partial charge in [0.25, 0.3) is 0 Å². The van der Waals surface area contributed by atoms with Gasteiger partial charge in [-0.15, -0.1) is 0 Å². The number of rotatable bonds is 4. The lowest BCUT2D eigenvalue weighted by Crippen LogP contribution is -1.99. The zero-order chi connectivity index (χ0) is 14.8. The van der Waals surface area contributed by atoms with E-state index in [-0.39, 0.29) is 6.42 Å². The molecule has 0 aliphatic heterocycles. The first-order valence-electron chi connectivity index (χ1n) is 6.50. The minimum Gasteiger partial charge on any atom is -0.497 e. The summed E-state index contributed by atoms with van der Waals surface area (Å²) < 4.78 is 5.21. The third kappa shape index (κ3) is 2.72. The number of carbonyl (C=O) groups is 1. The van der Waals surface area contributed by atoms with Crippen molar-refractivity contribution in [2.75, 3.05) is 7.11 Å². The number of benzene rings is 2. The summed E-state index contributed by atoms with van der Waals surface area (Å²) in [7, 11) is 1.62. The smallest absolute Gasteiger partial charge is 0.307 e. The molecule has 3 rings (SSSR count). The average Bonchev–Trinajstić information content (AvgIpc) is 2.90. The van der Waals surface area contributed by atoms with Crippen LogP contribution < -0.4 is 4.74 Å². The first-order valence-corrected chi connectivity index (χ1v) is 6.50. The van der Waals surface area contributed by atoms with E-state index >= 15 is 0 Å². The molecule has 0 unspecified atom stereocenters. The van der Waals surface area contributed by atoms with E-state index in [1.165, 1.54) is 0 Å². The quantitative estimate of drug-likeness (QED) is 0.771. The van der Waals surface area contributed by atoms with Gasteiger partial charge in [-0.05, 0) is 29.8 Å². The first kappa shape index (κ1) is 13.2. The second-order valence-electron chi connectivity index (χ2n) is 4.74. The Balaban J connectivity index is 2.02. The molecule has 2 aromatic carbocycles. The number of methoxy groups -OCH3 is 1. The monoisotopic (exact) mass is 282 g/mol. The average molecular weight is 282 g/mol. The van der Waals surface area contributed by atoms with Gasteiger partial charge in [-0.2, -0.15) is 0 Å². The van der Waals surface area contributed by atoms with Crippen LogP contribution in [-0.4, -0.2) is 28.2 Å². The maximum atomic E-state index is 10.8. The molecular weight excluding hydrogens is 268 g/mol. The summed E-state index contributed by atoms with van der Waals surface area (Å²) in [5.74, 6) is 0.651. The molecule has 3 aromatic rings. The number of nitrogens with zero attached hydrogens (tertiary/aromatic N) is 1. The summed E-state index contributed by atoms with van der Waals surface area (Å²) in [6.45, 7) is 0. The molecule has 0 saturated carbocycles. The van der Waals surface area contributed by atoms with Gasteiger partial charge in [0.15, 0.2) is 0 Å². The molecule has 0 radical (unpaired) electrons. The van der Waals surface area contributed by atoms with Crippen molar-refractivity contribution in [3.8, 4) is 17.1 Å². The molecule has 0 bridgehead atoms. The number of aliphatic carboxylic acids is 1. The number of imidazole rings is 1. The Morgan fingerprint density at radius 3 is 2.90 bits per heavy atom. The van der Waals surface area contributed by atoms with Crippen LogP contribution in [0.2, 0.25) is 0 Å². The number of aromatic amines is 1. The van der Waals surface area contributed by atoms with E-state index in [9.17, 15) is 4.79 Å². The molecule has 1 heterocycles. The van der Waals surface area contributed by atoms with Crippen LogP contribution >= 0.6 is 0 Å². The van der Waals surface area contributed by atoms with Crippen molar-refractivity contribution in [3.05, 3.63) is 48.0 Å². The molecule has 0 aliphatic rings. The highest BCUT2D eigenvalue weighted by molar-refractivity contribution is 5.81. The van der Waals surface area contributed by atoms with Crippen LogP contribution in [0.25, 0.3) is 22.4 Å². The number of hydrogen-bond acceptors (Lipinski definition) is 3. The first-order chi connectivity index (χ1) is 10.2. The molecule has 5 heteroatoms. The Morgan fingerprint density at radius 2 is 2.14 bits per heavy atom. The summed E-state index contributed by atoms with van der Waals surface area (Å²) in [5, 5.41) is 8.84. The topological polar surface area (TPSA) is 75.2 Å². The van der Waals surface area contributed by atoms with Crippen molar-refractivity contribution < 1.29 is 14.6 Å². The van der Waals surface area contributed by atoms with Crippen LogP contribution in [0, 0.1) is 0 Å². The maximum Gasteiger partial charge on any atom is 0.307 e. The van der Waals surface area contributed by atoms with E-state index < -0.39 is 5.97 Å². The molecule has 5 nitrogen and oxygen atoms in total. The van der Waals surface area contributed by atoms with Gasteiger partial charge in [0, 0.05) is 5.56 Å². The van der Waals surface area contributed by atoms with Gasteiger partial charge in [0.2, 0.25) is 0 Å². The van der Waals surface area contributed by atoms with E-state index in [0.29, 0.717) is 0 Å². The zero-order valence-corrected chi connectivity index (χ0v) is 11.5. The van der Waals surface area contributed by atoms with Gasteiger partial charge >= 0.3 is 5.97 Å². The Hall–Kier alpha value is -2.82. The Bertz CT molecular complexity index is 808. The summed E-state index contributed by atoms with van der Waals surface area (Å²) in [4.78, 5) is 18.5. The number of carboxylic acid groups (broad SMARTS) is 1. The number of H-pyrrole nitrogens is 1. The van der Waals surface area contributed by atoms with E-state index in [1.807, 2.05) is 36.4 Å². The fourth-order valence-electron chi connectivity index (χ4n) is 2.25. The number of ether oxygens (including phenoxy) is 1. The fourth-order valence-corrected chi connectivity index (χ4v) is 2.25. The van der Waals surface area contributed by atoms with Gasteiger partial charge in [0.1, 0.15) is 11.6 Å². The van der Waals surface area contributed by atoms with Crippen molar-refractivity contribution in [3.63, 3.8) is 0 Å².